The van der Waals surface area contributed by atoms with Crippen LogP contribution in [0.1, 0.15) is 24.0 Å². The number of ether oxygens (including phenoxy) is 1. The molecule has 0 aromatic heterocycles. The number of hydrogen-bond donors (Lipinski definition) is 3. The summed E-state index contributed by atoms with van der Waals surface area (Å²) in [6.07, 6.45) is 0. The molecule has 0 saturated carbocycles. The molecule has 5 heteroatoms. The number of benzene rings is 1. The highest BCUT2D eigenvalue weighted by molar-refractivity contribution is 5.75. The van der Waals surface area contributed by atoms with Crippen LogP contribution in [0.5, 0.6) is 0 Å². The van der Waals surface area contributed by atoms with E-state index in [0.29, 0.717) is 26.3 Å². The van der Waals surface area contributed by atoms with Crippen molar-refractivity contribution in [1.29, 1.82) is 0 Å². The van der Waals surface area contributed by atoms with Gasteiger partial charge in [-0.25, -0.2) is 0 Å². The minimum absolute atomic E-state index is 0.0449. The minimum atomic E-state index is -0.813. The summed E-state index contributed by atoms with van der Waals surface area (Å²) in [5.41, 5.74) is 1.91. The zero-order valence-electron chi connectivity index (χ0n) is 11.1. The van der Waals surface area contributed by atoms with Crippen LogP contribution >= 0.6 is 0 Å². The van der Waals surface area contributed by atoms with E-state index in [9.17, 15) is 4.79 Å². The van der Waals surface area contributed by atoms with E-state index in [-0.39, 0.29) is 6.61 Å². The van der Waals surface area contributed by atoms with Gasteiger partial charge < -0.3 is 20.3 Å². The third-order valence-corrected chi connectivity index (χ3v) is 2.84. The van der Waals surface area contributed by atoms with Crippen molar-refractivity contribution >= 4 is 5.97 Å². The molecule has 1 aromatic rings. The molecule has 5 nitrogen and oxygen atoms in total. The van der Waals surface area contributed by atoms with Gasteiger partial charge in [-0.2, -0.15) is 0 Å². The number of rotatable bonds is 9. The summed E-state index contributed by atoms with van der Waals surface area (Å²) in [6.45, 7) is 4.08. The fraction of sp³-hybridized carbons (Fsp3) is 0.500. The van der Waals surface area contributed by atoms with Gasteiger partial charge in [-0.15, -0.1) is 0 Å². The Balaban J connectivity index is 2.30. The van der Waals surface area contributed by atoms with Crippen LogP contribution in [0.15, 0.2) is 24.3 Å². The average molecular weight is 267 g/mol. The van der Waals surface area contributed by atoms with Gasteiger partial charge in [0.1, 0.15) is 0 Å². The van der Waals surface area contributed by atoms with Crippen LogP contribution in [-0.2, 0) is 16.1 Å². The maximum atomic E-state index is 10.8. The fourth-order valence-corrected chi connectivity index (χ4v) is 1.61. The van der Waals surface area contributed by atoms with Crippen molar-refractivity contribution in [2.24, 2.45) is 0 Å². The molecule has 1 atom stereocenters. The number of aliphatic hydroxyl groups is 1. The first-order chi connectivity index (χ1) is 9.15. The molecular weight excluding hydrogens is 246 g/mol. The number of carbonyl (C=O) groups is 1. The maximum Gasteiger partial charge on any atom is 0.310 e. The SMILES string of the molecule is CC(C(=O)O)c1ccc(CNCCOCCO)cc1. The van der Waals surface area contributed by atoms with Crippen LogP contribution in [0, 0.1) is 0 Å². The van der Waals surface area contributed by atoms with Crippen LogP contribution in [-0.4, -0.2) is 42.5 Å². The largest absolute Gasteiger partial charge is 0.481 e. The van der Waals surface area contributed by atoms with Gasteiger partial charge in [0.05, 0.1) is 25.7 Å². The summed E-state index contributed by atoms with van der Waals surface area (Å²) in [5.74, 6) is -1.29. The van der Waals surface area contributed by atoms with E-state index in [1.165, 1.54) is 0 Å². The highest BCUT2D eigenvalue weighted by Crippen LogP contribution is 2.15. The Bertz CT molecular complexity index is 378. The standard InChI is InChI=1S/C14H21NO4/c1-11(14(17)18)13-4-2-12(3-5-13)10-15-6-8-19-9-7-16/h2-5,11,15-16H,6-10H2,1H3,(H,17,18). The monoisotopic (exact) mass is 267 g/mol. The summed E-state index contributed by atoms with van der Waals surface area (Å²) < 4.78 is 5.12. The molecule has 0 radical (unpaired) electrons. The minimum Gasteiger partial charge on any atom is -0.481 e. The number of nitrogens with one attached hydrogen (secondary N) is 1. The summed E-state index contributed by atoms with van der Waals surface area (Å²) >= 11 is 0. The molecule has 0 heterocycles. The quantitative estimate of drug-likeness (QED) is 0.581. The number of hydrogen-bond acceptors (Lipinski definition) is 4. The molecule has 19 heavy (non-hydrogen) atoms. The van der Waals surface area contributed by atoms with Crippen molar-refractivity contribution in [3.63, 3.8) is 0 Å². The van der Waals surface area contributed by atoms with E-state index in [2.05, 4.69) is 5.32 Å². The van der Waals surface area contributed by atoms with Gasteiger partial charge in [0.15, 0.2) is 0 Å². The van der Waals surface area contributed by atoms with Crippen LogP contribution in [0.3, 0.4) is 0 Å². The third-order valence-electron chi connectivity index (χ3n) is 2.84. The summed E-state index contributed by atoms with van der Waals surface area (Å²) in [7, 11) is 0. The van der Waals surface area contributed by atoms with Gasteiger partial charge in [-0.3, -0.25) is 4.79 Å². The van der Waals surface area contributed by atoms with Crippen LogP contribution in [0.2, 0.25) is 0 Å². The molecule has 0 saturated heterocycles. The molecule has 1 rings (SSSR count). The smallest absolute Gasteiger partial charge is 0.310 e. The second-order valence-corrected chi connectivity index (χ2v) is 4.31. The summed E-state index contributed by atoms with van der Waals surface area (Å²) in [4.78, 5) is 10.8. The molecule has 0 aliphatic carbocycles. The summed E-state index contributed by atoms with van der Waals surface area (Å²) in [5, 5.41) is 20.6. The Kier molecular flexibility index (Phi) is 7.10. The molecule has 0 aliphatic rings. The maximum absolute atomic E-state index is 10.8. The normalized spacial score (nSPS) is 12.3. The van der Waals surface area contributed by atoms with Crippen molar-refractivity contribution < 1.29 is 19.7 Å². The van der Waals surface area contributed by atoms with E-state index in [4.69, 9.17) is 14.9 Å². The highest BCUT2D eigenvalue weighted by atomic mass is 16.5. The lowest BCUT2D eigenvalue weighted by molar-refractivity contribution is -0.138. The predicted octanol–water partition coefficient (Wildman–Crippen LogP) is 0.973. The van der Waals surface area contributed by atoms with Gasteiger partial charge in [-0.1, -0.05) is 24.3 Å². The highest BCUT2D eigenvalue weighted by Gasteiger charge is 2.12. The molecule has 3 N–H and O–H groups in total. The Labute approximate surface area is 113 Å². The van der Waals surface area contributed by atoms with E-state index in [0.717, 1.165) is 11.1 Å². The second kappa shape index (κ2) is 8.63. The van der Waals surface area contributed by atoms with Crippen LogP contribution in [0.25, 0.3) is 0 Å². The van der Waals surface area contributed by atoms with Crippen molar-refractivity contribution in [3.05, 3.63) is 35.4 Å². The number of carboxylic acids is 1. The first-order valence-corrected chi connectivity index (χ1v) is 6.36. The lowest BCUT2D eigenvalue weighted by Gasteiger charge is -2.09. The first kappa shape index (κ1) is 15.6. The van der Waals surface area contributed by atoms with Gasteiger partial charge in [0.25, 0.3) is 0 Å². The molecule has 1 aromatic carbocycles. The number of aliphatic hydroxyl groups excluding tert-OH is 1. The van der Waals surface area contributed by atoms with E-state index < -0.39 is 11.9 Å². The van der Waals surface area contributed by atoms with Crippen molar-refractivity contribution in [1.82, 2.24) is 5.32 Å². The van der Waals surface area contributed by atoms with E-state index >= 15 is 0 Å². The van der Waals surface area contributed by atoms with E-state index in [1.807, 2.05) is 24.3 Å². The molecule has 0 aliphatic heterocycles. The molecule has 106 valence electrons. The van der Waals surface area contributed by atoms with Gasteiger partial charge in [-0.05, 0) is 18.1 Å². The summed E-state index contributed by atoms with van der Waals surface area (Å²) in [6, 6.07) is 7.54. The topological polar surface area (TPSA) is 78.8 Å². The Morgan fingerprint density at radius 2 is 2.00 bits per heavy atom. The van der Waals surface area contributed by atoms with Gasteiger partial charge in [0.2, 0.25) is 0 Å². The Morgan fingerprint density at radius 1 is 1.32 bits per heavy atom. The van der Waals surface area contributed by atoms with Crippen LogP contribution in [0.4, 0.5) is 0 Å². The van der Waals surface area contributed by atoms with Crippen LogP contribution < -0.4 is 5.32 Å². The average Bonchev–Trinajstić information content (AvgIpc) is 2.42. The lowest BCUT2D eigenvalue weighted by atomic mass is 10.0. The molecule has 0 fully saturated rings. The molecule has 0 amide bonds. The van der Waals surface area contributed by atoms with Gasteiger partial charge >= 0.3 is 5.97 Å². The molecular formula is C14H21NO4. The van der Waals surface area contributed by atoms with E-state index in [1.54, 1.807) is 6.92 Å². The second-order valence-electron chi connectivity index (χ2n) is 4.31. The number of carboxylic acid groups (broad SMARTS) is 1. The van der Waals surface area contributed by atoms with Gasteiger partial charge in [0, 0.05) is 13.1 Å². The first-order valence-electron chi connectivity index (χ1n) is 6.36. The Morgan fingerprint density at radius 3 is 2.58 bits per heavy atom. The fourth-order valence-electron chi connectivity index (χ4n) is 1.61. The predicted molar refractivity (Wildman–Crippen MR) is 72.1 cm³/mol. The van der Waals surface area contributed by atoms with Crippen molar-refractivity contribution in [2.45, 2.75) is 19.4 Å². The lowest BCUT2D eigenvalue weighted by Crippen LogP contribution is -2.20. The molecule has 0 bridgehead atoms. The van der Waals surface area contributed by atoms with Crippen molar-refractivity contribution in [2.75, 3.05) is 26.4 Å². The number of aliphatic carboxylic acids is 1. The third kappa shape index (κ3) is 5.83. The molecule has 1 unspecified atom stereocenters. The Hall–Kier alpha value is -1.43. The zero-order valence-corrected chi connectivity index (χ0v) is 11.1. The zero-order chi connectivity index (χ0) is 14.1. The molecule has 0 spiro atoms. The van der Waals surface area contributed by atoms with Crippen molar-refractivity contribution in [3.8, 4) is 0 Å².